The van der Waals surface area contributed by atoms with E-state index in [1.807, 2.05) is 55.5 Å². The van der Waals surface area contributed by atoms with Gasteiger partial charge in [0.2, 0.25) is 0 Å². The van der Waals surface area contributed by atoms with Crippen LogP contribution in [0.4, 0.5) is 5.69 Å². The summed E-state index contributed by atoms with van der Waals surface area (Å²) < 4.78 is 5.29. The third-order valence-corrected chi connectivity index (χ3v) is 4.51. The van der Waals surface area contributed by atoms with Crippen molar-refractivity contribution < 1.29 is 14.3 Å². The van der Waals surface area contributed by atoms with Crippen molar-refractivity contribution in [2.45, 2.75) is 52.6 Å². The van der Waals surface area contributed by atoms with Gasteiger partial charge in [0.1, 0.15) is 0 Å². The first kappa shape index (κ1) is 19.7. The second-order valence-corrected chi connectivity index (χ2v) is 6.68. The number of hydrogen-bond acceptors (Lipinski definition) is 3. The van der Waals surface area contributed by atoms with Crippen LogP contribution in [0.25, 0.3) is 0 Å². The monoisotopic (exact) mass is 353 g/mol. The number of benzene rings is 2. The van der Waals surface area contributed by atoms with E-state index in [-0.39, 0.29) is 12.3 Å². The van der Waals surface area contributed by atoms with Crippen LogP contribution >= 0.6 is 0 Å². The third-order valence-electron chi connectivity index (χ3n) is 4.51. The summed E-state index contributed by atoms with van der Waals surface area (Å²) >= 11 is 0. The molecule has 2 aromatic rings. The molecule has 4 nitrogen and oxygen atoms in total. The van der Waals surface area contributed by atoms with Crippen molar-refractivity contribution in [1.29, 1.82) is 0 Å². The van der Waals surface area contributed by atoms with Crippen LogP contribution in [0.1, 0.15) is 49.8 Å². The zero-order valence-electron chi connectivity index (χ0n) is 15.9. The zero-order valence-corrected chi connectivity index (χ0v) is 15.9. The second kappa shape index (κ2) is 9.18. The molecule has 26 heavy (non-hydrogen) atoms. The predicted molar refractivity (Wildman–Crippen MR) is 104 cm³/mol. The highest BCUT2D eigenvalue weighted by molar-refractivity contribution is 5.95. The van der Waals surface area contributed by atoms with Gasteiger partial charge in [-0.25, -0.2) is 0 Å². The van der Waals surface area contributed by atoms with E-state index in [0.29, 0.717) is 5.92 Å². The van der Waals surface area contributed by atoms with Gasteiger partial charge in [-0.15, -0.1) is 0 Å². The Morgan fingerprint density at radius 3 is 2.35 bits per heavy atom. The maximum absolute atomic E-state index is 12.4. The summed E-state index contributed by atoms with van der Waals surface area (Å²) in [5, 5.41) is 2.89. The van der Waals surface area contributed by atoms with Crippen LogP contribution in [-0.2, 0) is 20.7 Å². The van der Waals surface area contributed by atoms with Crippen molar-refractivity contribution in [1.82, 2.24) is 0 Å². The molecule has 0 aliphatic heterocycles. The number of carbonyl (C=O) groups excluding carboxylic acids is 2. The van der Waals surface area contributed by atoms with Crippen LogP contribution in [0.15, 0.2) is 48.5 Å². The Labute approximate surface area is 155 Å². The molecule has 0 bridgehead atoms. The molecule has 138 valence electrons. The number of nitrogens with one attached hydrogen (secondary N) is 1. The molecule has 0 unspecified atom stereocenters. The van der Waals surface area contributed by atoms with E-state index in [1.165, 1.54) is 0 Å². The van der Waals surface area contributed by atoms with E-state index in [4.69, 9.17) is 4.74 Å². The molecule has 2 aromatic carbocycles. The highest BCUT2D eigenvalue weighted by atomic mass is 16.5. The highest BCUT2D eigenvalue weighted by Crippen LogP contribution is 2.26. The van der Waals surface area contributed by atoms with Gasteiger partial charge in [0.25, 0.3) is 5.91 Å². The molecular weight excluding hydrogens is 326 g/mol. The molecule has 1 N–H and O–H groups in total. The largest absolute Gasteiger partial charge is 0.452 e. The normalized spacial score (nSPS) is 12.9. The van der Waals surface area contributed by atoms with Crippen molar-refractivity contribution in [3.8, 4) is 0 Å². The van der Waals surface area contributed by atoms with Crippen molar-refractivity contribution in [2.75, 3.05) is 5.32 Å². The molecule has 0 aromatic heterocycles. The fourth-order valence-corrected chi connectivity index (χ4v) is 2.66. The van der Waals surface area contributed by atoms with Gasteiger partial charge in [-0.1, -0.05) is 61.9 Å². The van der Waals surface area contributed by atoms with Gasteiger partial charge < -0.3 is 10.1 Å². The first-order valence-corrected chi connectivity index (χ1v) is 9.05. The maximum atomic E-state index is 12.4. The molecule has 0 fully saturated rings. The molecule has 1 amide bonds. The Balaban J connectivity index is 1.95. The quantitative estimate of drug-likeness (QED) is 0.739. The number of amides is 1. The summed E-state index contributed by atoms with van der Waals surface area (Å²) in [5.74, 6) is -0.393. The van der Waals surface area contributed by atoms with E-state index in [1.54, 1.807) is 6.92 Å². The summed E-state index contributed by atoms with van der Waals surface area (Å²) in [6, 6.07) is 15.4. The Hall–Kier alpha value is -2.62. The number of carbonyl (C=O) groups is 2. The number of anilines is 1. The summed E-state index contributed by atoms with van der Waals surface area (Å²) in [4.78, 5) is 24.5. The van der Waals surface area contributed by atoms with Gasteiger partial charge in [0.15, 0.2) is 6.10 Å². The van der Waals surface area contributed by atoms with Crippen LogP contribution in [0.3, 0.4) is 0 Å². The molecule has 0 heterocycles. The average molecular weight is 353 g/mol. The lowest BCUT2D eigenvalue weighted by Crippen LogP contribution is -2.30. The summed E-state index contributed by atoms with van der Waals surface area (Å²) in [7, 11) is 0. The molecule has 0 aliphatic carbocycles. The van der Waals surface area contributed by atoms with E-state index in [0.717, 1.165) is 28.8 Å². The summed E-state index contributed by atoms with van der Waals surface area (Å²) in [5.41, 5.74) is 3.86. The van der Waals surface area contributed by atoms with E-state index in [9.17, 15) is 9.59 Å². The van der Waals surface area contributed by atoms with Crippen LogP contribution in [0.2, 0.25) is 0 Å². The van der Waals surface area contributed by atoms with E-state index >= 15 is 0 Å². The van der Waals surface area contributed by atoms with Gasteiger partial charge in [-0.3, -0.25) is 9.59 Å². The second-order valence-electron chi connectivity index (χ2n) is 6.68. The molecular formula is C22H27NO3. The Kier molecular flexibility index (Phi) is 6.96. The Morgan fingerprint density at radius 2 is 1.69 bits per heavy atom. The predicted octanol–water partition coefficient (Wildman–Crippen LogP) is 4.62. The lowest BCUT2D eigenvalue weighted by atomic mass is 9.97. The molecule has 2 rings (SSSR count). The first-order valence-electron chi connectivity index (χ1n) is 9.05. The van der Waals surface area contributed by atoms with E-state index in [2.05, 4.69) is 19.2 Å². The number of para-hydroxylation sites is 1. The lowest BCUT2D eigenvalue weighted by molar-refractivity contribution is -0.152. The summed E-state index contributed by atoms with van der Waals surface area (Å²) in [6.07, 6.45) is 0.285. The van der Waals surface area contributed by atoms with Crippen molar-refractivity contribution in [3.63, 3.8) is 0 Å². The molecule has 4 heteroatoms. The number of esters is 1. The minimum Gasteiger partial charge on any atom is -0.452 e. The van der Waals surface area contributed by atoms with E-state index < -0.39 is 12.1 Å². The van der Waals surface area contributed by atoms with Crippen LogP contribution in [0.5, 0.6) is 0 Å². The number of ether oxygens (including phenoxy) is 1. The van der Waals surface area contributed by atoms with Crippen LogP contribution < -0.4 is 5.32 Å². The van der Waals surface area contributed by atoms with Crippen molar-refractivity contribution in [3.05, 3.63) is 65.2 Å². The van der Waals surface area contributed by atoms with Gasteiger partial charge in [-0.2, -0.15) is 0 Å². The Bertz CT molecular complexity index is 752. The summed E-state index contributed by atoms with van der Waals surface area (Å²) in [6.45, 7) is 7.81. The number of hydrogen-bond donors (Lipinski definition) is 1. The van der Waals surface area contributed by atoms with Crippen LogP contribution in [0, 0.1) is 6.92 Å². The lowest BCUT2D eigenvalue weighted by Gasteiger charge is -2.18. The van der Waals surface area contributed by atoms with Gasteiger partial charge in [0.05, 0.1) is 6.42 Å². The smallest absolute Gasteiger partial charge is 0.311 e. The van der Waals surface area contributed by atoms with Crippen molar-refractivity contribution in [2.24, 2.45) is 0 Å². The first-order chi connectivity index (χ1) is 12.4. The maximum Gasteiger partial charge on any atom is 0.311 e. The molecule has 0 spiro atoms. The molecule has 0 saturated carbocycles. The number of rotatable bonds is 7. The van der Waals surface area contributed by atoms with Gasteiger partial charge >= 0.3 is 5.97 Å². The zero-order chi connectivity index (χ0) is 19.1. The fraction of sp³-hybridized carbons (Fsp3) is 0.364. The Morgan fingerprint density at radius 1 is 1.04 bits per heavy atom. The minimum atomic E-state index is -0.849. The molecule has 2 atom stereocenters. The standard InChI is InChI=1S/C22H27NO3/c1-5-16(3)19-8-6-7-9-20(19)23-22(25)17(4)26-21(24)14-18-12-10-15(2)11-13-18/h6-13,16-17H,5,14H2,1-4H3,(H,23,25)/t16-,17-/m1/s1. The molecule has 0 aliphatic rings. The molecule has 0 radical (unpaired) electrons. The van der Waals surface area contributed by atoms with Crippen molar-refractivity contribution >= 4 is 17.6 Å². The average Bonchev–Trinajstić information content (AvgIpc) is 2.63. The van der Waals surface area contributed by atoms with Crippen LogP contribution in [-0.4, -0.2) is 18.0 Å². The minimum absolute atomic E-state index is 0.154. The highest BCUT2D eigenvalue weighted by Gasteiger charge is 2.19. The number of aryl methyl sites for hydroxylation is 1. The SMILES string of the molecule is CC[C@@H](C)c1ccccc1NC(=O)[C@@H](C)OC(=O)Cc1ccc(C)cc1. The van der Waals surface area contributed by atoms with Gasteiger partial charge in [0, 0.05) is 5.69 Å². The topological polar surface area (TPSA) is 55.4 Å². The van der Waals surface area contributed by atoms with Gasteiger partial charge in [-0.05, 0) is 43.4 Å². The third kappa shape index (κ3) is 5.45. The molecule has 0 saturated heterocycles. The fourth-order valence-electron chi connectivity index (χ4n) is 2.66.